The number of rotatable bonds is 3. The molecule has 0 atom stereocenters. The Kier molecular flexibility index (Phi) is 5.20. The van der Waals surface area contributed by atoms with Gasteiger partial charge in [-0.15, -0.1) is 0 Å². The average Bonchev–Trinajstić information content (AvgIpc) is 3.17. The van der Waals surface area contributed by atoms with Crippen molar-refractivity contribution in [3.8, 4) is 11.3 Å². The van der Waals surface area contributed by atoms with E-state index in [-0.39, 0.29) is 11.4 Å². The van der Waals surface area contributed by atoms with Crippen LogP contribution < -0.4 is 4.90 Å². The van der Waals surface area contributed by atoms with Gasteiger partial charge in [-0.25, -0.2) is 9.97 Å². The molecule has 0 bridgehead atoms. The van der Waals surface area contributed by atoms with Crippen molar-refractivity contribution in [1.82, 2.24) is 19.7 Å². The summed E-state index contributed by atoms with van der Waals surface area (Å²) < 4.78 is 40.6. The topological polar surface area (TPSA) is 63.9 Å². The van der Waals surface area contributed by atoms with E-state index in [9.17, 15) is 18.0 Å². The van der Waals surface area contributed by atoms with Crippen LogP contribution in [0, 0.1) is 13.8 Å². The van der Waals surface area contributed by atoms with Gasteiger partial charge in [0.05, 0.1) is 16.7 Å². The molecule has 3 heterocycles. The van der Waals surface area contributed by atoms with Gasteiger partial charge in [0, 0.05) is 31.5 Å². The molecule has 1 amide bonds. The zero-order valence-electron chi connectivity index (χ0n) is 17.9. The van der Waals surface area contributed by atoms with Gasteiger partial charge in [-0.3, -0.25) is 9.48 Å². The number of nitrogens with zero attached hydrogens (tertiary/aromatic N) is 5. The Balaban J connectivity index is 1.69. The molecule has 3 aromatic heterocycles. The molecule has 9 heteroatoms. The standard InChI is InChI=1S/C23H20F3N5O/c1-13-11-15(5-8-18(13)30(3)22(32)19-9-10-27-31(19)4)16-6-7-17-21(29-16)14(2)12-20(28-17)23(24,25)26/h5-12H,1-4H3. The molecular weight excluding hydrogens is 419 g/mol. The van der Waals surface area contributed by atoms with Gasteiger partial charge in [0.15, 0.2) is 0 Å². The van der Waals surface area contributed by atoms with Crippen LogP contribution in [0.3, 0.4) is 0 Å². The van der Waals surface area contributed by atoms with E-state index in [0.29, 0.717) is 22.5 Å². The van der Waals surface area contributed by atoms with Gasteiger partial charge in [0.25, 0.3) is 5.91 Å². The highest BCUT2D eigenvalue weighted by atomic mass is 19.4. The van der Waals surface area contributed by atoms with Crippen molar-refractivity contribution >= 4 is 22.6 Å². The molecule has 1 aromatic carbocycles. The molecule has 0 aliphatic rings. The Morgan fingerprint density at radius 2 is 1.75 bits per heavy atom. The highest BCUT2D eigenvalue weighted by Gasteiger charge is 2.33. The number of halogens is 3. The number of amides is 1. The van der Waals surface area contributed by atoms with Crippen LogP contribution in [0.1, 0.15) is 27.3 Å². The molecule has 4 rings (SSSR count). The number of anilines is 1. The molecule has 0 N–H and O–H groups in total. The molecule has 0 fully saturated rings. The molecule has 164 valence electrons. The fraction of sp³-hybridized carbons (Fsp3) is 0.217. The van der Waals surface area contributed by atoms with E-state index in [1.165, 1.54) is 4.68 Å². The molecule has 0 radical (unpaired) electrons. The lowest BCUT2D eigenvalue weighted by molar-refractivity contribution is -0.141. The normalized spacial score (nSPS) is 11.7. The van der Waals surface area contributed by atoms with E-state index in [0.717, 1.165) is 22.9 Å². The third kappa shape index (κ3) is 3.81. The van der Waals surface area contributed by atoms with Crippen LogP contribution >= 0.6 is 0 Å². The summed E-state index contributed by atoms with van der Waals surface area (Å²) >= 11 is 0. The summed E-state index contributed by atoms with van der Waals surface area (Å²) in [6.07, 6.45) is -2.94. The molecule has 0 spiro atoms. The van der Waals surface area contributed by atoms with Gasteiger partial charge in [0.2, 0.25) is 0 Å². The Hall–Kier alpha value is -3.75. The quantitative estimate of drug-likeness (QED) is 0.454. The zero-order valence-corrected chi connectivity index (χ0v) is 17.9. The molecule has 32 heavy (non-hydrogen) atoms. The Morgan fingerprint density at radius 3 is 2.38 bits per heavy atom. The number of carbonyl (C=O) groups excluding carboxylic acids is 1. The molecule has 0 aliphatic carbocycles. The van der Waals surface area contributed by atoms with Crippen molar-refractivity contribution in [3.63, 3.8) is 0 Å². The Bertz CT molecular complexity index is 1340. The number of aromatic nitrogens is 4. The van der Waals surface area contributed by atoms with Crippen molar-refractivity contribution in [2.45, 2.75) is 20.0 Å². The molecule has 0 saturated carbocycles. The van der Waals surface area contributed by atoms with Crippen LogP contribution in [-0.2, 0) is 13.2 Å². The summed E-state index contributed by atoms with van der Waals surface area (Å²) in [4.78, 5) is 22.6. The first-order valence-electron chi connectivity index (χ1n) is 9.79. The fourth-order valence-corrected chi connectivity index (χ4v) is 3.63. The van der Waals surface area contributed by atoms with E-state index in [2.05, 4.69) is 15.1 Å². The van der Waals surface area contributed by atoms with E-state index >= 15 is 0 Å². The van der Waals surface area contributed by atoms with Crippen LogP contribution in [0.5, 0.6) is 0 Å². The molecule has 0 saturated heterocycles. The van der Waals surface area contributed by atoms with Crippen molar-refractivity contribution in [3.05, 3.63) is 71.2 Å². The first-order chi connectivity index (χ1) is 15.1. The maximum absolute atomic E-state index is 13.0. The monoisotopic (exact) mass is 439 g/mol. The number of hydrogen-bond donors (Lipinski definition) is 0. The highest BCUT2D eigenvalue weighted by molar-refractivity contribution is 6.05. The van der Waals surface area contributed by atoms with E-state index in [1.54, 1.807) is 50.3 Å². The lowest BCUT2D eigenvalue weighted by atomic mass is 10.0. The summed E-state index contributed by atoms with van der Waals surface area (Å²) in [5.41, 5.74) is 3.52. The summed E-state index contributed by atoms with van der Waals surface area (Å²) in [6, 6.07) is 11.4. The Morgan fingerprint density at radius 1 is 1.00 bits per heavy atom. The minimum absolute atomic E-state index is 0.188. The third-order valence-corrected chi connectivity index (χ3v) is 5.33. The molecular formula is C23H20F3N5O. The van der Waals surface area contributed by atoms with Crippen LogP contribution in [0.25, 0.3) is 22.3 Å². The van der Waals surface area contributed by atoms with Crippen molar-refractivity contribution in [2.24, 2.45) is 7.05 Å². The number of hydrogen-bond acceptors (Lipinski definition) is 4. The first-order valence-corrected chi connectivity index (χ1v) is 9.79. The van der Waals surface area contributed by atoms with Crippen LogP contribution in [0.2, 0.25) is 0 Å². The minimum atomic E-state index is -4.51. The largest absolute Gasteiger partial charge is 0.433 e. The maximum Gasteiger partial charge on any atom is 0.433 e. The van der Waals surface area contributed by atoms with E-state index in [1.807, 2.05) is 25.1 Å². The number of fused-ring (bicyclic) bond motifs is 1. The third-order valence-electron chi connectivity index (χ3n) is 5.33. The van der Waals surface area contributed by atoms with Crippen molar-refractivity contribution in [2.75, 3.05) is 11.9 Å². The van der Waals surface area contributed by atoms with Gasteiger partial charge in [-0.05, 0) is 61.4 Å². The van der Waals surface area contributed by atoms with Crippen LogP contribution in [0.15, 0.2) is 48.7 Å². The molecule has 6 nitrogen and oxygen atoms in total. The summed E-state index contributed by atoms with van der Waals surface area (Å²) in [7, 11) is 3.40. The van der Waals surface area contributed by atoms with Crippen LogP contribution in [-0.4, -0.2) is 32.7 Å². The predicted octanol–water partition coefficient (Wildman–Crippen LogP) is 4.94. The predicted molar refractivity (Wildman–Crippen MR) is 115 cm³/mol. The van der Waals surface area contributed by atoms with Gasteiger partial charge < -0.3 is 4.90 Å². The van der Waals surface area contributed by atoms with E-state index in [4.69, 9.17) is 0 Å². The van der Waals surface area contributed by atoms with E-state index < -0.39 is 11.9 Å². The number of pyridine rings is 2. The van der Waals surface area contributed by atoms with Gasteiger partial charge >= 0.3 is 6.18 Å². The van der Waals surface area contributed by atoms with Crippen LogP contribution in [0.4, 0.5) is 18.9 Å². The number of carbonyl (C=O) groups is 1. The lowest BCUT2D eigenvalue weighted by Crippen LogP contribution is -2.28. The smallest absolute Gasteiger partial charge is 0.310 e. The minimum Gasteiger partial charge on any atom is -0.310 e. The second-order valence-corrected chi connectivity index (χ2v) is 7.59. The summed E-state index contributed by atoms with van der Waals surface area (Å²) in [6.45, 7) is 3.47. The van der Waals surface area contributed by atoms with Gasteiger partial charge in [0.1, 0.15) is 11.4 Å². The maximum atomic E-state index is 13.0. The van der Waals surface area contributed by atoms with Crippen molar-refractivity contribution in [1.29, 1.82) is 0 Å². The summed E-state index contributed by atoms with van der Waals surface area (Å²) in [5, 5.41) is 4.03. The Labute approximate surface area is 182 Å². The SMILES string of the molecule is Cc1cc(-c2ccc3nc(C(F)(F)F)cc(C)c3n2)ccc1N(C)C(=O)c1ccnn1C. The molecule has 0 aliphatic heterocycles. The average molecular weight is 439 g/mol. The molecule has 4 aromatic rings. The lowest BCUT2D eigenvalue weighted by Gasteiger charge is -2.20. The summed E-state index contributed by atoms with van der Waals surface area (Å²) in [5.74, 6) is -0.188. The fourth-order valence-electron chi connectivity index (χ4n) is 3.63. The van der Waals surface area contributed by atoms with Gasteiger partial charge in [-0.2, -0.15) is 18.3 Å². The van der Waals surface area contributed by atoms with Crippen molar-refractivity contribution < 1.29 is 18.0 Å². The number of alkyl halides is 3. The second kappa shape index (κ2) is 7.74. The zero-order chi connectivity index (χ0) is 23.2. The second-order valence-electron chi connectivity index (χ2n) is 7.59. The molecule has 0 unspecified atom stereocenters. The highest BCUT2D eigenvalue weighted by Crippen LogP contribution is 2.32. The first kappa shape index (κ1) is 21.5. The number of benzene rings is 1. The van der Waals surface area contributed by atoms with Gasteiger partial charge in [-0.1, -0.05) is 6.07 Å². The number of aryl methyl sites for hydroxylation is 3.